The molecule has 1 atom stereocenters. The second kappa shape index (κ2) is 10.0. The molecule has 0 saturated heterocycles. The monoisotopic (exact) mass is 431 g/mol. The number of ether oxygens (including phenoxy) is 1. The molecule has 3 rings (SSSR count). The first kappa shape index (κ1) is 22.2. The van der Waals surface area contributed by atoms with Gasteiger partial charge in [0.25, 0.3) is 0 Å². The van der Waals surface area contributed by atoms with Crippen molar-refractivity contribution in [1.82, 2.24) is 14.9 Å². The van der Waals surface area contributed by atoms with Gasteiger partial charge in [-0.15, -0.1) is 0 Å². The lowest BCUT2D eigenvalue weighted by atomic mass is 10.1. The molecule has 0 aliphatic heterocycles. The van der Waals surface area contributed by atoms with Gasteiger partial charge in [0.05, 0.1) is 12.6 Å². The number of rotatable bonds is 7. The maximum absolute atomic E-state index is 12.7. The molecule has 3 aromatic rings. The number of hydrogen-bond donors (Lipinski definition) is 1. The standard InChI is InChI=1S/C22H20F3N3O3/c23-22(24,25)20-9-8-17(11-27-20)15-31-21(30)28(13-16-5-2-1-3-6-16)14-19(29)18-7-4-10-26-12-18/h1-12,19,29H,13-15H2. The lowest BCUT2D eigenvalue weighted by Gasteiger charge is -2.25. The molecular weight excluding hydrogens is 411 g/mol. The molecule has 2 aromatic heterocycles. The molecule has 0 radical (unpaired) electrons. The van der Waals surface area contributed by atoms with Crippen LogP contribution in [0.3, 0.4) is 0 Å². The number of halogens is 3. The van der Waals surface area contributed by atoms with Gasteiger partial charge in [0.1, 0.15) is 12.3 Å². The second-order valence-electron chi connectivity index (χ2n) is 6.77. The molecule has 0 aliphatic rings. The van der Waals surface area contributed by atoms with Gasteiger partial charge < -0.3 is 14.7 Å². The highest BCUT2D eigenvalue weighted by atomic mass is 19.4. The Labute approximate surface area is 177 Å². The van der Waals surface area contributed by atoms with Crippen LogP contribution >= 0.6 is 0 Å². The number of alkyl halides is 3. The number of nitrogens with zero attached hydrogens (tertiary/aromatic N) is 3. The molecule has 6 nitrogen and oxygen atoms in total. The van der Waals surface area contributed by atoms with Gasteiger partial charge in [0, 0.05) is 36.3 Å². The highest BCUT2D eigenvalue weighted by Crippen LogP contribution is 2.27. The minimum absolute atomic E-state index is 0.0509. The van der Waals surface area contributed by atoms with E-state index in [9.17, 15) is 23.1 Å². The van der Waals surface area contributed by atoms with Gasteiger partial charge in [-0.1, -0.05) is 42.5 Å². The Kier molecular flexibility index (Phi) is 7.19. The van der Waals surface area contributed by atoms with Crippen molar-refractivity contribution in [3.8, 4) is 0 Å². The summed E-state index contributed by atoms with van der Waals surface area (Å²) in [4.78, 5) is 21.3. The molecule has 1 N–H and O–H groups in total. The number of carbonyl (C=O) groups is 1. The lowest BCUT2D eigenvalue weighted by molar-refractivity contribution is -0.141. The number of aromatic nitrogens is 2. The topological polar surface area (TPSA) is 75.5 Å². The van der Waals surface area contributed by atoms with Gasteiger partial charge in [-0.2, -0.15) is 13.2 Å². The molecule has 1 unspecified atom stereocenters. The number of amides is 1. The molecule has 1 amide bonds. The first-order chi connectivity index (χ1) is 14.8. The van der Waals surface area contributed by atoms with Gasteiger partial charge in [-0.05, 0) is 17.7 Å². The van der Waals surface area contributed by atoms with Crippen LogP contribution in [0, 0.1) is 0 Å². The molecule has 2 heterocycles. The molecule has 31 heavy (non-hydrogen) atoms. The number of carbonyl (C=O) groups excluding carboxylic acids is 1. The zero-order valence-electron chi connectivity index (χ0n) is 16.4. The highest BCUT2D eigenvalue weighted by molar-refractivity contribution is 5.67. The van der Waals surface area contributed by atoms with Gasteiger partial charge in [-0.3, -0.25) is 9.97 Å². The fourth-order valence-corrected chi connectivity index (χ4v) is 2.81. The number of aliphatic hydroxyl groups is 1. The van der Waals surface area contributed by atoms with Crippen LogP contribution in [0.15, 0.2) is 73.2 Å². The molecule has 0 aliphatic carbocycles. The van der Waals surface area contributed by atoms with Crippen molar-refractivity contribution in [2.45, 2.75) is 25.4 Å². The second-order valence-corrected chi connectivity index (χ2v) is 6.77. The van der Waals surface area contributed by atoms with Crippen molar-refractivity contribution in [3.63, 3.8) is 0 Å². The van der Waals surface area contributed by atoms with E-state index in [2.05, 4.69) is 9.97 Å². The zero-order valence-corrected chi connectivity index (χ0v) is 16.4. The highest BCUT2D eigenvalue weighted by Gasteiger charge is 2.32. The van der Waals surface area contributed by atoms with Gasteiger partial charge in [-0.25, -0.2) is 4.79 Å². The Morgan fingerprint density at radius 2 is 1.81 bits per heavy atom. The molecular formula is C22H20F3N3O3. The minimum Gasteiger partial charge on any atom is -0.444 e. The maximum atomic E-state index is 12.7. The summed E-state index contributed by atoms with van der Waals surface area (Å²) in [6.07, 6.45) is -2.15. The predicted octanol–water partition coefficient (Wildman–Crippen LogP) is 4.37. The Hall–Kier alpha value is -3.46. The van der Waals surface area contributed by atoms with E-state index in [1.54, 1.807) is 18.3 Å². The SMILES string of the molecule is O=C(OCc1ccc(C(F)(F)F)nc1)N(Cc1ccccc1)CC(O)c1cccnc1. The molecule has 9 heteroatoms. The maximum Gasteiger partial charge on any atom is 0.433 e. The summed E-state index contributed by atoms with van der Waals surface area (Å²) in [7, 11) is 0. The van der Waals surface area contributed by atoms with Crippen molar-refractivity contribution in [2.24, 2.45) is 0 Å². The number of aliphatic hydroxyl groups excluding tert-OH is 1. The van der Waals surface area contributed by atoms with E-state index in [4.69, 9.17) is 4.74 Å². The van der Waals surface area contributed by atoms with Crippen LogP contribution in [0.2, 0.25) is 0 Å². The van der Waals surface area contributed by atoms with Gasteiger partial charge >= 0.3 is 12.3 Å². The van der Waals surface area contributed by atoms with Crippen LogP contribution in [0.4, 0.5) is 18.0 Å². The summed E-state index contributed by atoms with van der Waals surface area (Å²) in [5.41, 5.74) is 0.663. The number of hydrogen-bond acceptors (Lipinski definition) is 5. The van der Waals surface area contributed by atoms with Gasteiger partial charge in [0.15, 0.2) is 0 Å². The minimum atomic E-state index is -4.54. The third-order valence-corrected chi connectivity index (χ3v) is 4.41. The van der Waals surface area contributed by atoms with E-state index < -0.39 is 24.1 Å². The average Bonchev–Trinajstić information content (AvgIpc) is 2.78. The van der Waals surface area contributed by atoms with Crippen molar-refractivity contribution < 1.29 is 27.8 Å². The first-order valence-corrected chi connectivity index (χ1v) is 9.38. The molecule has 1 aromatic carbocycles. The van der Waals surface area contributed by atoms with Crippen LogP contribution in [0.25, 0.3) is 0 Å². The number of pyridine rings is 2. The van der Waals surface area contributed by atoms with E-state index >= 15 is 0 Å². The normalized spacial score (nSPS) is 12.3. The Balaban J connectivity index is 1.68. The van der Waals surface area contributed by atoms with Crippen molar-refractivity contribution in [1.29, 1.82) is 0 Å². The summed E-state index contributed by atoms with van der Waals surface area (Å²) >= 11 is 0. The molecule has 0 spiro atoms. The summed E-state index contributed by atoms with van der Waals surface area (Å²) in [5, 5.41) is 10.5. The van der Waals surface area contributed by atoms with Crippen LogP contribution in [0.1, 0.15) is 28.5 Å². The molecule has 0 saturated carbocycles. The van der Waals surface area contributed by atoms with Crippen LogP contribution in [-0.2, 0) is 24.1 Å². The van der Waals surface area contributed by atoms with Crippen molar-refractivity contribution >= 4 is 6.09 Å². The zero-order chi connectivity index (χ0) is 22.3. The summed E-state index contributed by atoms with van der Waals surface area (Å²) < 4.78 is 43.1. The van der Waals surface area contributed by atoms with E-state index in [1.165, 1.54) is 17.2 Å². The Morgan fingerprint density at radius 1 is 1.03 bits per heavy atom. The Morgan fingerprint density at radius 3 is 2.42 bits per heavy atom. The molecule has 162 valence electrons. The van der Waals surface area contributed by atoms with Crippen molar-refractivity contribution in [3.05, 3.63) is 95.6 Å². The molecule has 0 bridgehead atoms. The first-order valence-electron chi connectivity index (χ1n) is 9.38. The van der Waals surface area contributed by atoms with Crippen LogP contribution in [0.5, 0.6) is 0 Å². The average molecular weight is 431 g/mol. The van der Waals surface area contributed by atoms with Crippen molar-refractivity contribution in [2.75, 3.05) is 6.54 Å². The third kappa shape index (κ3) is 6.51. The number of benzene rings is 1. The van der Waals surface area contributed by atoms with Gasteiger partial charge in [0.2, 0.25) is 0 Å². The smallest absolute Gasteiger partial charge is 0.433 e. The fraction of sp³-hybridized carbons (Fsp3) is 0.227. The Bertz CT molecular complexity index is 968. The summed E-state index contributed by atoms with van der Waals surface area (Å²) in [6.45, 7) is -0.120. The lowest BCUT2D eigenvalue weighted by Crippen LogP contribution is -2.34. The fourth-order valence-electron chi connectivity index (χ4n) is 2.81. The quantitative estimate of drug-likeness (QED) is 0.601. The summed E-state index contributed by atoms with van der Waals surface area (Å²) in [5.74, 6) is 0. The van der Waals surface area contributed by atoms with E-state index in [0.717, 1.165) is 17.8 Å². The summed E-state index contributed by atoms with van der Waals surface area (Å²) in [6, 6.07) is 14.6. The third-order valence-electron chi connectivity index (χ3n) is 4.41. The van der Waals surface area contributed by atoms with Crippen LogP contribution < -0.4 is 0 Å². The van der Waals surface area contributed by atoms with E-state index in [-0.39, 0.29) is 19.7 Å². The van der Waals surface area contributed by atoms with E-state index in [1.807, 2.05) is 30.3 Å². The van der Waals surface area contributed by atoms with Crippen LogP contribution in [-0.4, -0.2) is 32.6 Å². The predicted molar refractivity (Wildman–Crippen MR) is 105 cm³/mol. The molecule has 0 fully saturated rings. The van der Waals surface area contributed by atoms with E-state index in [0.29, 0.717) is 11.1 Å². The largest absolute Gasteiger partial charge is 0.444 e.